The molecule has 3 aromatic rings. The Kier molecular flexibility index (Phi) is 7.69. The van der Waals surface area contributed by atoms with Crippen LogP contribution in [0, 0.1) is 0 Å². The number of carbonyl (C=O) groups is 1. The molecule has 7 heteroatoms. The Balaban J connectivity index is 1.50. The lowest BCUT2D eigenvalue weighted by Gasteiger charge is -2.11. The normalized spacial score (nSPS) is 10.7. The monoisotopic (exact) mass is 411 g/mol. The lowest BCUT2D eigenvalue weighted by molar-refractivity contribution is 0.112. The number of hydrogen-bond acceptors (Lipinski definition) is 6. The highest BCUT2D eigenvalue weighted by Crippen LogP contribution is 2.28. The molecule has 0 atom stereocenters. The molecule has 1 heterocycles. The Morgan fingerprint density at radius 2 is 1.93 bits per heavy atom. The molecule has 6 nitrogen and oxygen atoms in total. The van der Waals surface area contributed by atoms with Crippen molar-refractivity contribution in [1.29, 1.82) is 0 Å². The molecule has 0 saturated heterocycles. The second kappa shape index (κ2) is 10.7. The highest BCUT2D eigenvalue weighted by Gasteiger charge is 2.12. The zero-order valence-electron chi connectivity index (χ0n) is 16.7. The van der Waals surface area contributed by atoms with Crippen LogP contribution in [-0.2, 0) is 13.0 Å². The number of hydrogen-bond donors (Lipinski definition) is 0. The zero-order valence-corrected chi connectivity index (χ0v) is 17.5. The van der Waals surface area contributed by atoms with E-state index in [1.807, 2.05) is 18.2 Å². The van der Waals surface area contributed by atoms with Crippen LogP contribution < -0.4 is 9.47 Å². The lowest BCUT2D eigenvalue weighted by atomic mass is 10.1. The maximum absolute atomic E-state index is 10.9. The Morgan fingerprint density at radius 3 is 2.66 bits per heavy atom. The quantitative estimate of drug-likeness (QED) is 0.267. The first-order valence-electron chi connectivity index (χ1n) is 9.60. The van der Waals surface area contributed by atoms with Crippen molar-refractivity contribution in [3.63, 3.8) is 0 Å². The van der Waals surface area contributed by atoms with Crippen molar-refractivity contribution in [2.45, 2.75) is 31.5 Å². The third kappa shape index (κ3) is 5.60. The summed E-state index contributed by atoms with van der Waals surface area (Å²) in [5, 5.41) is 9.69. The summed E-state index contributed by atoms with van der Waals surface area (Å²) in [7, 11) is 1.57. The van der Waals surface area contributed by atoms with Gasteiger partial charge < -0.3 is 14.0 Å². The molecule has 0 aliphatic carbocycles. The van der Waals surface area contributed by atoms with Gasteiger partial charge in [-0.25, -0.2) is 0 Å². The molecule has 0 aliphatic heterocycles. The van der Waals surface area contributed by atoms with Crippen LogP contribution in [0.5, 0.6) is 11.5 Å². The molecule has 0 spiro atoms. The Morgan fingerprint density at radius 1 is 1.10 bits per heavy atom. The molecule has 29 heavy (non-hydrogen) atoms. The van der Waals surface area contributed by atoms with Gasteiger partial charge in [0.25, 0.3) is 0 Å². The molecule has 0 fully saturated rings. The van der Waals surface area contributed by atoms with E-state index in [1.54, 1.807) is 37.1 Å². The number of carbonyl (C=O) groups excluding carboxylic acids is 1. The lowest BCUT2D eigenvalue weighted by Crippen LogP contribution is -2.05. The molecular formula is C22H25N3O3S. The average molecular weight is 412 g/mol. The SMILES string of the molecule is CCn1c(Cc2ccccc2)nnc1SCCCOc1ccc(C=O)cc1OC. The number of rotatable bonds is 11. The van der Waals surface area contributed by atoms with Gasteiger partial charge in [-0.2, -0.15) is 0 Å². The van der Waals surface area contributed by atoms with Crippen molar-refractivity contribution in [3.8, 4) is 11.5 Å². The van der Waals surface area contributed by atoms with Crippen LogP contribution in [0.2, 0.25) is 0 Å². The summed E-state index contributed by atoms with van der Waals surface area (Å²) in [5.41, 5.74) is 1.80. The van der Waals surface area contributed by atoms with E-state index in [4.69, 9.17) is 9.47 Å². The molecule has 0 saturated carbocycles. The van der Waals surface area contributed by atoms with E-state index < -0.39 is 0 Å². The minimum absolute atomic E-state index is 0.556. The molecule has 0 aliphatic rings. The second-order valence-electron chi connectivity index (χ2n) is 6.38. The smallest absolute Gasteiger partial charge is 0.191 e. The molecule has 2 aromatic carbocycles. The highest BCUT2D eigenvalue weighted by atomic mass is 32.2. The third-order valence-electron chi connectivity index (χ3n) is 4.42. The topological polar surface area (TPSA) is 66.2 Å². The molecule has 0 bridgehead atoms. The standard InChI is InChI=1S/C22H25N3O3S/c1-3-25-21(15-17-8-5-4-6-9-17)23-24-22(25)29-13-7-12-28-19-11-10-18(16-26)14-20(19)27-2/h4-6,8-11,14,16H,3,7,12-13,15H2,1-2H3. The van der Waals surface area contributed by atoms with Crippen molar-refractivity contribution >= 4 is 18.0 Å². The summed E-state index contributed by atoms with van der Waals surface area (Å²) < 4.78 is 13.3. The third-order valence-corrected chi connectivity index (χ3v) is 5.47. The van der Waals surface area contributed by atoms with E-state index in [-0.39, 0.29) is 0 Å². The van der Waals surface area contributed by atoms with Crippen LogP contribution in [0.15, 0.2) is 53.7 Å². The Labute approximate surface area is 175 Å². The van der Waals surface area contributed by atoms with Crippen molar-refractivity contribution in [1.82, 2.24) is 14.8 Å². The summed E-state index contributed by atoms with van der Waals surface area (Å²) in [4.78, 5) is 10.9. The first-order valence-corrected chi connectivity index (χ1v) is 10.6. The van der Waals surface area contributed by atoms with E-state index >= 15 is 0 Å². The summed E-state index contributed by atoms with van der Waals surface area (Å²) >= 11 is 1.69. The van der Waals surface area contributed by atoms with E-state index in [2.05, 4.69) is 33.8 Å². The molecule has 3 rings (SSSR count). The maximum Gasteiger partial charge on any atom is 0.191 e. The predicted octanol–water partition coefficient (Wildman–Crippen LogP) is 4.27. The van der Waals surface area contributed by atoms with Gasteiger partial charge in [0.05, 0.1) is 13.7 Å². The van der Waals surface area contributed by atoms with Gasteiger partial charge in [-0.15, -0.1) is 10.2 Å². The first-order chi connectivity index (χ1) is 14.2. The Hall–Kier alpha value is -2.80. The number of aromatic nitrogens is 3. The number of thioether (sulfide) groups is 1. The van der Waals surface area contributed by atoms with Crippen molar-refractivity contribution in [2.75, 3.05) is 19.5 Å². The van der Waals surface area contributed by atoms with Gasteiger partial charge in [0.15, 0.2) is 16.7 Å². The molecule has 0 radical (unpaired) electrons. The minimum Gasteiger partial charge on any atom is -0.493 e. The summed E-state index contributed by atoms with van der Waals surface area (Å²) in [5.74, 6) is 3.07. The molecule has 152 valence electrons. The van der Waals surface area contributed by atoms with Crippen molar-refractivity contribution in [3.05, 3.63) is 65.5 Å². The van der Waals surface area contributed by atoms with Gasteiger partial charge in [-0.3, -0.25) is 4.79 Å². The maximum atomic E-state index is 10.9. The Bertz CT molecular complexity index is 928. The van der Waals surface area contributed by atoms with Crippen molar-refractivity contribution < 1.29 is 14.3 Å². The largest absolute Gasteiger partial charge is 0.493 e. The van der Waals surface area contributed by atoms with Gasteiger partial charge in [0.2, 0.25) is 0 Å². The summed E-state index contributed by atoms with van der Waals surface area (Å²) in [6, 6.07) is 15.5. The van der Waals surface area contributed by atoms with Crippen LogP contribution >= 0.6 is 11.8 Å². The fourth-order valence-corrected chi connectivity index (χ4v) is 3.87. The van der Waals surface area contributed by atoms with Gasteiger partial charge >= 0.3 is 0 Å². The summed E-state index contributed by atoms with van der Waals surface area (Å²) in [6.45, 7) is 3.51. The molecular weight excluding hydrogens is 386 g/mol. The van der Waals surface area contributed by atoms with Gasteiger partial charge in [-0.1, -0.05) is 42.1 Å². The van der Waals surface area contributed by atoms with E-state index in [9.17, 15) is 4.79 Å². The average Bonchev–Trinajstić information content (AvgIpc) is 3.15. The number of methoxy groups -OCH3 is 1. The number of nitrogens with zero attached hydrogens (tertiary/aromatic N) is 3. The minimum atomic E-state index is 0.556. The highest BCUT2D eigenvalue weighted by molar-refractivity contribution is 7.99. The number of benzene rings is 2. The van der Waals surface area contributed by atoms with Crippen molar-refractivity contribution in [2.24, 2.45) is 0 Å². The zero-order chi connectivity index (χ0) is 20.5. The van der Waals surface area contributed by atoms with Gasteiger partial charge in [0.1, 0.15) is 12.1 Å². The number of ether oxygens (including phenoxy) is 2. The van der Waals surface area contributed by atoms with Crippen LogP contribution in [0.3, 0.4) is 0 Å². The number of aldehydes is 1. The molecule has 1 aromatic heterocycles. The van der Waals surface area contributed by atoms with E-state index in [0.717, 1.165) is 42.4 Å². The fourth-order valence-electron chi connectivity index (χ4n) is 2.93. The van der Waals surface area contributed by atoms with Crippen LogP contribution in [0.1, 0.15) is 35.1 Å². The molecule has 0 amide bonds. The summed E-state index contributed by atoms with van der Waals surface area (Å²) in [6.07, 6.45) is 2.43. The second-order valence-corrected chi connectivity index (χ2v) is 7.45. The van der Waals surface area contributed by atoms with Crippen LogP contribution in [0.4, 0.5) is 0 Å². The fraction of sp³-hybridized carbons (Fsp3) is 0.318. The molecule has 0 N–H and O–H groups in total. The van der Waals surface area contributed by atoms with E-state index in [1.165, 1.54) is 5.56 Å². The predicted molar refractivity (Wildman–Crippen MR) is 114 cm³/mol. The van der Waals surface area contributed by atoms with Gasteiger partial charge in [0, 0.05) is 24.3 Å². The van der Waals surface area contributed by atoms with Crippen LogP contribution in [0.25, 0.3) is 0 Å². The van der Waals surface area contributed by atoms with Crippen LogP contribution in [-0.4, -0.2) is 40.5 Å². The van der Waals surface area contributed by atoms with E-state index in [0.29, 0.717) is 23.7 Å². The van der Waals surface area contributed by atoms with Gasteiger partial charge in [-0.05, 0) is 37.1 Å². The molecule has 0 unspecified atom stereocenters. The first kappa shape index (κ1) is 20.9.